The number of hydrogen-bond acceptors (Lipinski definition) is 3. The fourth-order valence-corrected chi connectivity index (χ4v) is 3.94. The molecule has 0 amide bonds. The highest BCUT2D eigenvalue weighted by atomic mass is 35.5. The van der Waals surface area contributed by atoms with E-state index in [-0.39, 0.29) is 44.3 Å². The molecule has 3 nitrogen and oxygen atoms in total. The van der Waals surface area contributed by atoms with Crippen LogP contribution in [0.25, 0.3) is 5.57 Å². The molecule has 0 fully saturated rings. The summed E-state index contributed by atoms with van der Waals surface area (Å²) in [6, 6.07) is 3.72. The number of carbonyl (C=O) groups excluding carboxylic acids is 3. The Bertz CT molecular complexity index is 1250. The fraction of sp³-hybridized carbons (Fsp3) is 0.320. The summed E-state index contributed by atoms with van der Waals surface area (Å²) in [4.78, 5) is 35.2. The lowest BCUT2D eigenvalue weighted by atomic mass is 9.90. The highest BCUT2D eigenvalue weighted by Gasteiger charge is 2.42. The summed E-state index contributed by atoms with van der Waals surface area (Å²) in [5.41, 5.74) is -2.93. The number of benzene rings is 2. The monoisotopic (exact) mass is 606 g/mol. The van der Waals surface area contributed by atoms with Gasteiger partial charge in [0.05, 0.1) is 0 Å². The van der Waals surface area contributed by atoms with Gasteiger partial charge in [0.15, 0.2) is 0 Å². The van der Waals surface area contributed by atoms with Crippen molar-refractivity contribution in [1.29, 1.82) is 0 Å². The van der Waals surface area contributed by atoms with E-state index in [2.05, 4.69) is 0 Å². The first-order chi connectivity index (χ1) is 17.7. The lowest BCUT2D eigenvalue weighted by Gasteiger charge is -2.17. The summed E-state index contributed by atoms with van der Waals surface area (Å²) in [6.07, 6.45) is -16.2. The lowest BCUT2D eigenvalue weighted by Crippen LogP contribution is -2.24. The number of unbranched alkanes of at least 4 members (excludes halogenated alkanes) is 1. The molecule has 0 saturated heterocycles. The topological polar surface area (TPSA) is 51.2 Å². The van der Waals surface area contributed by atoms with Gasteiger partial charge in [-0.3, -0.25) is 14.4 Å². The molecule has 212 valence electrons. The van der Waals surface area contributed by atoms with E-state index >= 15 is 0 Å². The van der Waals surface area contributed by atoms with E-state index in [1.165, 1.54) is 0 Å². The fourth-order valence-electron chi connectivity index (χ4n) is 3.50. The van der Waals surface area contributed by atoms with Gasteiger partial charge in [-0.05, 0) is 78.8 Å². The summed E-state index contributed by atoms with van der Waals surface area (Å²) in [7, 11) is 0. The maximum absolute atomic E-state index is 13.2. The quantitative estimate of drug-likeness (QED) is 0.171. The third kappa shape index (κ3) is 7.84. The first-order valence-corrected chi connectivity index (χ1v) is 11.6. The molecule has 0 aliphatic rings. The highest BCUT2D eigenvalue weighted by Crippen LogP contribution is 2.36. The van der Waals surface area contributed by atoms with E-state index < -0.39 is 59.8 Å². The molecule has 0 bridgehead atoms. The zero-order chi connectivity index (χ0) is 30.1. The lowest BCUT2D eigenvalue weighted by molar-refractivity contribution is -0.171. The second kappa shape index (κ2) is 11.7. The van der Waals surface area contributed by atoms with Crippen LogP contribution < -0.4 is 0 Å². The normalized spacial score (nSPS) is 12.3. The average Bonchev–Trinajstić information content (AvgIpc) is 2.79. The van der Waals surface area contributed by atoms with Crippen LogP contribution in [-0.4, -0.2) is 35.9 Å². The van der Waals surface area contributed by atoms with Crippen molar-refractivity contribution in [2.75, 3.05) is 0 Å². The predicted molar refractivity (Wildman–Crippen MR) is 125 cm³/mol. The van der Waals surface area contributed by atoms with E-state index in [9.17, 15) is 53.9 Å². The standard InChI is InChI=1S/C25H17Cl2F9O3/c1-11-16(21(38)24(31,32)33)7-13(9-18(11)26)15(5-3-4-6-20(37)23(28,29)30)14-8-17(12(2)19(27)10-14)22(39)25(34,35)36/h5,7-10H,3-4,6H2,1-2H3. The molecule has 0 N–H and O–H groups in total. The average molecular weight is 607 g/mol. The SMILES string of the molecule is Cc1c(Cl)cc(C(=CCCCC(=O)C(F)(F)F)c2cc(Cl)c(C)c(C(=O)C(F)(F)F)c2)cc1C(=O)C(F)(F)F. The smallest absolute Gasteiger partial charge is 0.290 e. The number of halogens is 11. The summed E-state index contributed by atoms with van der Waals surface area (Å²) >= 11 is 12.1. The highest BCUT2D eigenvalue weighted by molar-refractivity contribution is 6.33. The molecule has 0 aliphatic carbocycles. The maximum Gasteiger partial charge on any atom is 0.454 e. The van der Waals surface area contributed by atoms with E-state index in [1.54, 1.807) is 0 Å². The van der Waals surface area contributed by atoms with E-state index in [0.29, 0.717) is 0 Å². The predicted octanol–water partition coefficient (Wildman–Crippen LogP) is 8.83. The molecule has 0 aromatic heterocycles. The molecular formula is C25H17Cl2F9O3. The maximum atomic E-state index is 13.2. The Morgan fingerprint density at radius 2 is 1.08 bits per heavy atom. The van der Waals surface area contributed by atoms with E-state index in [1.807, 2.05) is 0 Å². The molecular weight excluding hydrogens is 590 g/mol. The first kappa shape index (κ1) is 32.4. The summed E-state index contributed by atoms with van der Waals surface area (Å²) in [5, 5.41) is -0.661. The van der Waals surface area contributed by atoms with Gasteiger partial charge in [-0.1, -0.05) is 29.3 Å². The van der Waals surface area contributed by atoms with Gasteiger partial charge in [0, 0.05) is 27.6 Å². The van der Waals surface area contributed by atoms with Crippen LogP contribution in [0.3, 0.4) is 0 Å². The van der Waals surface area contributed by atoms with Crippen LogP contribution in [-0.2, 0) is 4.79 Å². The van der Waals surface area contributed by atoms with Crippen LogP contribution >= 0.6 is 23.2 Å². The van der Waals surface area contributed by atoms with Crippen molar-refractivity contribution in [3.05, 3.63) is 73.8 Å². The summed E-state index contributed by atoms with van der Waals surface area (Å²) < 4.78 is 117. The Balaban J connectivity index is 2.75. The van der Waals surface area contributed by atoms with Gasteiger partial charge in [-0.2, -0.15) is 39.5 Å². The number of allylic oxidation sites excluding steroid dienone is 1. The van der Waals surface area contributed by atoms with Crippen molar-refractivity contribution in [3.63, 3.8) is 0 Å². The molecule has 0 heterocycles. The number of alkyl halides is 9. The van der Waals surface area contributed by atoms with Crippen LogP contribution in [0, 0.1) is 13.8 Å². The number of rotatable bonds is 8. The van der Waals surface area contributed by atoms with Gasteiger partial charge in [-0.15, -0.1) is 0 Å². The minimum atomic E-state index is -5.31. The van der Waals surface area contributed by atoms with Crippen LogP contribution in [0.15, 0.2) is 30.3 Å². The second-order valence-corrected chi connectivity index (χ2v) is 9.16. The van der Waals surface area contributed by atoms with Gasteiger partial charge in [0.2, 0.25) is 5.78 Å². The summed E-state index contributed by atoms with van der Waals surface area (Å²) in [5.74, 6) is -6.58. The Labute approximate surface area is 225 Å². The van der Waals surface area contributed by atoms with E-state index in [4.69, 9.17) is 23.2 Å². The van der Waals surface area contributed by atoms with Gasteiger partial charge < -0.3 is 0 Å². The van der Waals surface area contributed by atoms with Crippen LogP contribution in [0.2, 0.25) is 10.0 Å². The Kier molecular flexibility index (Phi) is 9.71. The van der Waals surface area contributed by atoms with Gasteiger partial charge in [0.1, 0.15) is 0 Å². The molecule has 0 atom stereocenters. The zero-order valence-corrected chi connectivity index (χ0v) is 21.4. The Morgan fingerprint density at radius 3 is 1.41 bits per heavy atom. The number of hydrogen-bond donors (Lipinski definition) is 0. The van der Waals surface area contributed by atoms with Gasteiger partial charge in [0.25, 0.3) is 11.6 Å². The second-order valence-electron chi connectivity index (χ2n) is 8.35. The van der Waals surface area contributed by atoms with Crippen molar-refractivity contribution < 1.29 is 53.9 Å². The molecule has 39 heavy (non-hydrogen) atoms. The minimum Gasteiger partial charge on any atom is -0.290 e. The van der Waals surface area contributed by atoms with E-state index in [0.717, 1.165) is 44.2 Å². The molecule has 0 radical (unpaired) electrons. The molecule has 0 spiro atoms. The molecule has 0 unspecified atom stereocenters. The van der Waals surface area contributed by atoms with Crippen LogP contribution in [0.5, 0.6) is 0 Å². The molecule has 2 aromatic carbocycles. The number of ketones is 3. The van der Waals surface area contributed by atoms with Gasteiger partial charge >= 0.3 is 18.5 Å². The number of Topliss-reactive ketones (excluding diaryl/α,β-unsaturated/α-hetero) is 3. The third-order valence-electron chi connectivity index (χ3n) is 5.59. The largest absolute Gasteiger partial charge is 0.454 e. The Morgan fingerprint density at radius 1 is 0.692 bits per heavy atom. The molecule has 2 aromatic rings. The molecule has 0 aliphatic heterocycles. The van der Waals surface area contributed by atoms with Crippen molar-refractivity contribution in [2.45, 2.75) is 51.6 Å². The minimum absolute atomic E-state index is 0.189. The Hall–Kier alpha value is -2.86. The zero-order valence-electron chi connectivity index (χ0n) is 19.9. The number of carbonyl (C=O) groups is 3. The van der Waals surface area contributed by atoms with Crippen molar-refractivity contribution in [1.82, 2.24) is 0 Å². The molecule has 0 saturated carbocycles. The summed E-state index contributed by atoms with van der Waals surface area (Å²) in [6.45, 7) is 2.25. The van der Waals surface area contributed by atoms with Crippen molar-refractivity contribution in [3.8, 4) is 0 Å². The molecule has 14 heteroatoms. The third-order valence-corrected chi connectivity index (χ3v) is 6.37. The van der Waals surface area contributed by atoms with Crippen molar-refractivity contribution in [2.24, 2.45) is 0 Å². The van der Waals surface area contributed by atoms with Gasteiger partial charge in [-0.25, -0.2) is 0 Å². The first-order valence-electron chi connectivity index (χ1n) is 10.8. The molecule has 2 rings (SSSR count). The van der Waals surface area contributed by atoms with Crippen LogP contribution in [0.4, 0.5) is 39.5 Å². The van der Waals surface area contributed by atoms with Crippen LogP contribution in [0.1, 0.15) is 62.2 Å². The van der Waals surface area contributed by atoms with Crippen molar-refractivity contribution >= 4 is 46.1 Å².